The minimum atomic E-state index is 0.745. The van der Waals surface area contributed by atoms with Crippen LogP contribution in [0.2, 0.25) is 0 Å². The second kappa shape index (κ2) is 5.41. The molecule has 0 fully saturated rings. The van der Waals surface area contributed by atoms with Crippen molar-refractivity contribution in [2.45, 2.75) is 20.4 Å². The van der Waals surface area contributed by atoms with Gasteiger partial charge in [0.1, 0.15) is 0 Å². The molecular formula is C12H16N2. The zero-order valence-electron chi connectivity index (χ0n) is 8.83. The van der Waals surface area contributed by atoms with Crippen LogP contribution in [0.4, 0.5) is 0 Å². The summed E-state index contributed by atoms with van der Waals surface area (Å²) in [6.07, 6.45) is 0. The third-order valence-electron chi connectivity index (χ3n) is 2.36. The number of benzene rings is 1. The van der Waals surface area contributed by atoms with Crippen LogP contribution in [0, 0.1) is 11.3 Å². The predicted molar refractivity (Wildman–Crippen MR) is 57.8 cm³/mol. The molecule has 0 atom stereocenters. The van der Waals surface area contributed by atoms with Gasteiger partial charge in [-0.05, 0) is 30.8 Å². The van der Waals surface area contributed by atoms with Crippen molar-refractivity contribution < 1.29 is 0 Å². The molecule has 0 radical (unpaired) electrons. The molecule has 0 spiro atoms. The van der Waals surface area contributed by atoms with E-state index < -0.39 is 0 Å². The molecule has 1 aromatic rings. The molecule has 2 heteroatoms. The standard InChI is InChI=1S/C12H16N2/c1-3-14(4-2)10-12-7-5-6-11(8-12)9-13/h5-8H,3-4,10H2,1-2H3. The number of nitriles is 1. The van der Waals surface area contributed by atoms with Gasteiger partial charge in [0.15, 0.2) is 0 Å². The van der Waals surface area contributed by atoms with Gasteiger partial charge in [-0.25, -0.2) is 0 Å². The van der Waals surface area contributed by atoms with Gasteiger partial charge in [-0.2, -0.15) is 5.26 Å². The van der Waals surface area contributed by atoms with E-state index in [0.717, 1.165) is 25.2 Å². The van der Waals surface area contributed by atoms with E-state index in [4.69, 9.17) is 5.26 Å². The maximum Gasteiger partial charge on any atom is 0.0991 e. The molecule has 74 valence electrons. The summed E-state index contributed by atoms with van der Waals surface area (Å²) >= 11 is 0. The average Bonchev–Trinajstić information content (AvgIpc) is 2.26. The fourth-order valence-electron chi connectivity index (χ4n) is 1.44. The minimum Gasteiger partial charge on any atom is -0.300 e. The molecule has 0 bridgehead atoms. The van der Waals surface area contributed by atoms with Crippen molar-refractivity contribution in [2.75, 3.05) is 13.1 Å². The minimum absolute atomic E-state index is 0.745. The average molecular weight is 188 g/mol. The van der Waals surface area contributed by atoms with Crippen LogP contribution in [0.1, 0.15) is 25.0 Å². The molecule has 0 heterocycles. The number of rotatable bonds is 4. The normalized spacial score (nSPS) is 10.1. The Hall–Kier alpha value is -1.33. The lowest BCUT2D eigenvalue weighted by Gasteiger charge is -2.17. The van der Waals surface area contributed by atoms with Gasteiger partial charge in [0.25, 0.3) is 0 Å². The lowest BCUT2D eigenvalue weighted by molar-refractivity contribution is 0.296. The van der Waals surface area contributed by atoms with Gasteiger partial charge in [0, 0.05) is 6.54 Å². The van der Waals surface area contributed by atoms with Gasteiger partial charge < -0.3 is 0 Å². The first-order chi connectivity index (χ1) is 6.80. The Balaban J connectivity index is 2.72. The highest BCUT2D eigenvalue weighted by Crippen LogP contribution is 2.07. The summed E-state index contributed by atoms with van der Waals surface area (Å²) in [6.45, 7) is 7.33. The van der Waals surface area contributed by atoms with Crippen molar-refractivity contribution in [2.24, 2.45) is 0 Å². The highest BCUT2D eigenvalue weighted by Gasteiger charge is 2.01. The predicted octanol–water partition coefficient (Wildman–Crippen LogP) is 2.40. The Morgan fingerprint density at radius 1 is 1.29 bits per heavy atom. The summed E-state index contributed by atoms with van der Waals surface area (Å²) in [5.41, 5.74) is 1.96. The van der Waals surface area contributed by atoms with E-state index in [1.165, 1.54) is 5.56 Å². The molecule has 14 heavy (non-hydrogen) atoms. The molecule has 2 nitrogen and oxygen atoms in total. The first-order valence-corrected chi connectivity index (χ1v) is 5.01. The third kappa shape index (κ3) is 2.86. The number of nitrogens with zero attached hydrogens (tertiary/aromatic N) is 2. The fourth-order valence-corrected chi connectivity index (χ4v) is 1.44. The smallest absolute Gasteiger partial charge is 0.0991 e. The van der Waals surface area contributed by atoms with E-state index in [1.54, 1.807) is 0 Å². The number of hydrogen-bond acceptors (Lipinski definition) is 2. The zero-order chi connectivity index (χ0) is 10.4. The molecule has 0 aliphatic rings. The molecule has 1 rings (SSSR count). The first-order valence-electron chi connectivity index (χ1n) is 5.01. The molecule has 1 aromatic carbocycles. The van der Waals surface area contributed by atoms with Crippen LogP contribution < -0.4 is 0 Å². The Labute approximate surface area is 85.8 Å². The molecule has 0 aromatic heterocycles. The van der Waals surface area contributed by atoms with E-state index in [2.05, 4.69) is 30.9 Å². The van der Waals surface area contributed by atoms with E-state index in [-0.39, 0.29) is 0 Å². The lowest BCUT2D eigenvalue weighted by atomic mass is 10.1. The molecule has 0 aliphatic carbocycles. The summed E-state index contributed by atoms with van der Waals surface area (Å²) < 4.78 is 0. The van der Waals surface area contributed by atoms with Gasteiger partial charge in [-0.1, -0.05) is 26.0 Å². The van der Waals surface area contributed by atoms with Crippen LogP contribution in [0.25, 0.3) is 0 Å². The van der Waals surface area contributed by atoms with E-state index in [9.17, 15) is 0 Å². The lowest BCUT2D eigenvalue weighted by Crippen LogP contribution is -2.22. The Morgan fingerprint density at radius 3 is 2.57 bits per heavy atom. The third-order valence-corrected chi connectivity index (χ3v) is 2.36. The molecule has 0 saturated heterocycles. The summed E-state index contributed by atoms with van der Waals surface area (Å²) in [4.78, 5) is 2.33. The van der Waals surface area contributed by atoms with Crippen molar-refractivity contribution in [3.63, 3.8) is 0 Å². The SMILES string of the molecule is CCN(CC)Cc1cccc(C#N)c1. The van der Waals surface area contributed by atoms with E-state index >= 15 is 0 Å². The summed E-state index contributed by atoms with van der Waals surface area (Å²) in [5.74, 6) is 0. The van der Waals surface area contributed by atoms with Crippen molar-refractivity contribution in [1.82, 2.24) is 4.90 Å². The largest absolute Gasteiger partial charge is 0.300 e. The highest BCUT2D eigenvalue weighted by atomic mass is 15.1. The van der Waals surface area contributed by atoms with Crippen molar-refractivity contribution in [3.8, 4) is 6.07 Å². The van der Waals surface area contributed by atoms with Crippen LogP contribution >= 0.6 is 0 Å². The fraction of sp³-hybridized carbons (Fsp3) is 0.417. The Bertz CT molecular complexity index is 321. The topological polar surface area (TPSA) is 27.0 Å². The van der Waals surface area contributed by atoms with Crippen LogP contribution in [0.15, 0.2) is 24.3 Å². The molecule has 0 N–H and O–H groups in total. The Morgan fingerprint density at radius 2 is 2.00 bits per heavy atom. The number of hydrogen-bond donors (Lipinski definition) is 0. The van der Waals surface area contributed by atoms with Crippen molar-refractivity contribution in [1.29, 1.82) is 5.26 Å². The molecular weight excluding hydrogens is 172 g/mol. The first kappa shape index (κ1) is 10.7. The van der Waals surface area contributed by atoms with Crippen LogP contribution in [0.3, 0.4) is 0 Å². The summed E-state index contributed by atoms with van der Waals surface area (Å²) in [5, 5.41) is 8.75. The van der Waals surface area contributed by atoms with Crippen LogP contribution in [-0.2, 0) is 6.54 Å². The summed E-state index contributed by atoms with van der Waals surface area (Å²) in [7, 11) is 0. The van der Waals surface area contributed by atoms with E-state index in [1.807, 2.05) is 18.2 Å². The quantitative estimate of drug-likeness (QED) is 0.725. The molecule has 0 saturated carbocycles. The van der Waals surface area contributed by atoms with Crippen LogP contribution in [-0.4, -0.2) is 18.0 Å². The van der Waals surface area contributed by atoms with E-state index in [0.29, 0.717) is 0 Å². The molecule has 0 aliphatic heterocycles. The zero-order valence-corrected chi connectivity index (χ0v) is 8.83. The molecule has 0 unspecified atom stereocenters. The second-order valence-electron chi connectivity index (χ2n) is 3.27. The maximum absolute atomic E-state index is 8.75. The van der Waals surface area contributed by atoms with Gasteiger partial charge in [-0.15, -0.1) is 0 Å². The molecule has 0 amide bonds. The maximum atomic E-state index is 8.75. The Kier molecular flexibility index (Phi) is 4.15. The van der Waals surface area contributed by atoms with Crippen molar-refractivity contribution in [3.05, 3.63) is 35.4 Å². The monoisotopic (exact) mass is 188 g/mol. The van der Waals surface area contributed by atoms with Gasteiger partial charge in [0.05, 0.1) is 11.6 Å². The van der Waals surface area contributed by atoms with Gasteiger partial charge in [-0.3, -0.25) is 4.90 Å². The van der Waals surface area contributed by atoms with Gasteiger partial charge in [0.2, 0.25) is 0 Å². The van der Waals surface area contributed by atoms with Crippen LogP contribution in [0.5, 0.6) is 0 Å². The second-order valence-corrected chi connectivity index (χ2v) is 3.27. The van der Waals surface area contributed by atoms with Crippen molar-refractivity contribution >= 4 is 0 Å². The summed E-state index contributed by atoms with van der Waals surface area (Å²) in [6, 6.07) is 9.96. The highest BCUT2D eigenvalue weighted by molar-refractivity contribution is 5.32. The van der Waals surface area contributed by atoms with Gasteiger partial charge >= 0.3 is 0 Å².